The summed E-state index contributed by atoms with van der Waals surface area (Å²) in [6, 6.07) is 0.986. The van der Waals surface area contributed by atoms with Gasteiger partial charge in [0.2, 0.25) is 0 Å². The van der Waals surface area contributed by atoms with Gasteiger partial charge < -0.3 is 4.74 Å². The molecule has 3 nitrogen and oxygen atoms in total. The van der Waals surface area contributed by atoms with Crippen molar-refractivity contribution in [2.75, 3.05) is 0 Å². The van der Waals surface area contributed by atoms with Gasteiger partial charge in [0.05, 0.1) is 18.2 Å². The first kappa shape index (κ1) is 12.4. The molecule has 1 saturated heterocycles. The summed E-state index contributed by atoms with van der Waals surface area (Å²) in [6.45, 7) is 4.34. The highest BCUT2D eigenvalue weighted by Crippen LogP contribution is 2.31. The molecule has 1 atom stereocenters. The van der Waals surface area contributed by atoms with Crippen LogP contribution in [-0.4, -0.2) is 21.5 Å². The monoisotopic (exact) mass is 248 g/mol. The van der Waals surface area contributed by atoms with Crippen molar-refractivity contribution in [3.8, 4) is 0 Å². The van der Waals surface area contributed by atoms with E-state index in [0.717, 1.165) is 18.9 Å². The van der Waals surface area contributed by atoms with Crippen molar-refractivity contribution in [1.82, 2.24) is 9.78 Å². The highest BCUT2D eigenvalue weighted by atomic mass is 19.4. The summed E-state index contributed by atoms with van der Waals surface area (Å²) >= 11 is 0. The predicted octanol–water partition coefficient (Wildman–Crippen LogP) is 2.86. The number of aromatic nitrogens is 2. The van der Waals surface area contributed by atoms with Crippen LogP contribution in [0.4, 0.5) is 13.2 Å². The van der Waals surface area contributed by atoms with Gasteiger partial charge in [-0.2, -0.15) is 18.3 Å². The average Bonchev–Trinajstić information content (AvgIpc) is 2.72. The third-order valence-corrected chi connectivity index (χ3v) is 2.88. The number of hydrogen-bond donors (Lipinski definition) is 0. The highest BCUT2D eigenvalue weighted by molar-refractivity contribution is 5.03. The van der Waals surface area contributed by atoms with E-state index >= 15 is 0 Å². The second kappa shape index (κ2) is 4.01. The highest BCUT2D eigenvalue weighted by Gasteiger charge is 2.35. The number of halogens is 3. The van der Waals surface area contributed by atoms with Crippen LogP contribution in [0.15, 0.2) is 12.3 Å². The largest absolute Gasteiger partial charge is 0.435 e. The topological polar surface area (TPSA) is 27.1 Å². The molecule has 0 bridgehead atoms. The molecule has 6 heteroatoms. The molecule has 0 aromatic carbocycles. The average molecular weight is 248 g/mol. The quantitative estimate of drug-likeness (QED) is 0.804. The van der Waals surface area contributed by atoms with Crippen LogP contribution in [0.5, 0.6) is 0 Å². The van der Waals surface area contributed by atoms with Gasteiger partial charge in [0.15, 0.2) is 5.69 Å². The maximum Gasteiger partial charge on any atom is 0.435 e. The number of alkyl halides is 3. The Morgan fingerprint density at radius 1 is 1.53 bits per heavy atom. The number of ether oxygens (including phenoxy) is 1. The molecule has 1 aromatic rings. The van der Waals surface area contributed by atoms with E-state index in [0.29, 0.717) is 6.54 Å². The second-order valence-corrected chi connectivity index (χ2v) is 4.96. The van der Waals surface area contributed by atoms with Gasteiger partial charge in [-0.3, -0.25) is 4.68 Å². The van der Waals surface area contributed by atoms with E-state index in [-0.39, 0.29) is 11.7 Å². The van der Waals surface area contributed by atoms with Crippen LogP contribution < -0.4 is 0 Å². The molecule has 0 amide bonds. The predicted molar refractivity (Wildman–Crippen MR) is 55.4 cm³/mol. The van der Waals surface area contributed by atoms with Gasteiger partial charge in [0.1, 0.15) is 0 Å². The molecule has 1 aliphatic rings. The molecule has 1 unspecified atom stereocenters. The van der Waals surface area contributed by atoms with E-state index in [9.17, 15) is 13.2 Å². The first-order chi connectivity index (χ1) is 7.76. The van der Waals surface area contributed by atoms with Crippen molar-refractivity contribution in [3.05, 3.63) is 18.0 Å². The van der Waals surface area contributed by atoms with Gasteiger partial charge >= 0.3 is 6.18 Å². The van der Waals surface area contributed by atoms with Crippen LogP contribution >= 0.6 is 0 Å². The molecule has 0 N–H and O–H groups in total. The van der Waals surface area contributed by atoms with Crippen LogP contribution in [0.3, 0.4) is 0 Å². The minimum absolute atomic E-state index is 0.0500. The molecular formula is C11H15F3N2O. The summed E-state index contributed by atoms with van der Waals surface area (Å²) in [5, 5.41) is 3.50. The first-order valence-electron chi connectivity index (χ1n) is 5.55. The molecule has 2 heterocycles. The Kier molecular flexibility index (Phi) is 2.93. The maximum atomic E-state index is 12.3. The zero-order valence-corrected chi connectivity index (χ0v) is 9.79. The van der Waals surface area contributed by atoms with Crippen molar-refractivity contribution < 1.29 is 17.9 Å². The third kappa shape index (κ3) is 3.00. The fourth-order valence-corrected chi connectivity index (χ4v) is 2.03. The number of nitrogens with zero attached hydrogens (tertiary/aromatic N) is 2. The summed E-state index contributed by atoms with van der Waals surface area (Å²) in [5.74, 6) is 0. The smallest absolute Gasteiger partial charge is 0.370 e. The minimum Gasteiger partial charge on any atom is -0.370 e. The molecule has 0 spiro atoms. The molecule has 17 heavy (non-hydrogen) atoms. The lowest BCUT2D eigenvalue weighted by Crippen LogP contribution is -2.23. The molecule has 0 aliphatic carbocycles. The Bertz CT molecular complexity index is 398. The van der Waals surface area contributed by atoms with Crippen LogP contribution in [0.25, 0.3) is 0 Å². The van der Waals surface area contributed by atoms with Gasteiger partial charge in [0, 0.05) is 6.20 Å². The van der Waals surface area contributed by atoms with E-state index in [1.54, 1.807) is 0 Å². The van der Waals surface area contributed by atoms with Crippen molar-refractivity contribution in [3.63, 3.8) is 0 Å². The second-order valence-electron chi connectivity index (χ2n) is 4.96. The fourth-order valence-electron chi connectivity index (χ4n) is 2.03. The summed E-state index contributed by atoms with van der Waals surface area (Å²) < 4.78 is 44.0. The van der Waals surface area contributed by atoms with Gasteiger partial charge in [-0.05, 0) is 32.8 Å². The Balaban J connectivity index is 1.99. The van der Waals surface area contributed by atoms with Crippen LogP contribution in [0.1, 0.15) is 32.4 Å². The summed E-state index contributed by atoms with van der Waals surface area (Å²) in [4.78, 5) is 0. The first-order valence-corrected chi connectivity index (χ1v) is 5.55. The summed E-state index contributed by atoms with van der Waals surface area (Å²) in [7, 11) is 0. The van der Waals surface area contributed by atoms with Crippen molar-refractivity contribution >= 4 is 0 Å². The Morgan fingerprint density at radius 2 is 2.24 bits per heavy atom. The Hall–Kier alpha value is -1.04. The SMILES string of the molecule is CC1(C)CCC(Cn2ccc(C(F)(F)F)n2)O1. The number of rotatable bonds is 2. The van der Waals surface area contributed by atoms with E-state index in [4.69, 9.17) is 4.74 Å². The molecule has 96 valence electrons. The van der Waals surface area contributed by atoms with Gasteiger partial charge in [-0.1, -0.05) is 0 Å². The zero-order valence-electron chi connectivity index (χ0n) is 9.79. The summed E-state index contributed by atoms with van der Waals surface area (Å²) in [5.41, 5.74) is -1.03. The lowest BCUT2D eigenvalue weighted by Gasteiger charge is -2.19. The van der Waals surface area contributed by atoms with Gasteiger partial charge in [-0.15, -0.1) is 0 Å². The summed E-state index contributed by atoms with van der Waals surface area (Å²) in [6.07, 6.45) is -1.30. The standard InChI is InChI=1S/C11H15F3N2O/c1-10(2)5-3-8(17-10)7-16-6-4-9(15-16)11(12,13)14/h4,6,8H,3,5,7H2,1-2H3. The molecule has 1 fully saturated rings. The van der Waals surface area contributed by atoms with E-state index < -0.39 is 11.9 Å². The lowest BCUT2D eigenvalue weighted by molar-refractivity contribution is -0.141. The minimum atomic E-state index is -4.37. The van der Waals surface area contributed by atoms with Crippen LogP contribution in [0, 0.1) is 0 Å². The van der Waals surface area contributed by atoms with Gasteiger partial charge in [0.25, 0.3) is 0 Å². The molecule has 2 rings (SSSR count). The molecule has 1 aliphatic heterocycles. The Morgan fingerprint density at radius 3 is 2.71 bits per heavy atom. The molecule has 0 saturated carbocycles. The molecule has 0 radical (unpaired) electrons. The van der Waals surface area contributed by atoms with Crippen molar-refractivity contribution in [1.29, 1.82) is 0 Å². The Labute approximate surface area is 97.6 Å². The van der Waals surface area contributed by atoms with Crippen LogP contribution in [-0.2, 0) is 17.5 Å². The number of hydrogen-bond acceptors (Lipinski definition) is 2. The third-order valence-electron chi connectivity index (χ3n) is 2.88. The molecule has 1 aromatic heterocycles. The normalized spacial score (nSPS) is 24.2. The van der Waals surface area contributed by atoms with E-state index in [2.05, 4.69) is 5.10 Å². The van der Waals surface area contributed by atoms with Crippen molar-refractivity contribution in [2.24, 2.45) is 0 Å². The zero-order chi connectivity index (χ0) is 12.7. The molecular weight excluding hydrogens is 233 g/mol. The fraction of sp³-hybridized carbons (Fsp3) is 0.727. The van der Waals surface area contributed by atoms with E-state index in [1.807, 2.05) is 13.8 Å². The lowest BCUT2D eigenvalue weighted by atomic mass is 10.1. The van der Waals surface area contributed by atoms with Gasteiger partial charge in [-0.25, -0.2) is 0 Å². The maximum absolute atomic E-state index is 12.3. The van der Waals surface area contributed by atoms with Crippen LogP contribution in [0.2, 0.25) is 0 Å². The van der Waals surface area contributed by atoms with Crippen molar-refractivity contribution in [2.45, 2.75) is 51.1 Å². The van der Waals surface area contributed by atoms with E-state index in [1.165, 1.54) is 10.9 Å².